The lowest BCUT2D eigenvalue weighted by atomic mass is 9.99. The molecule has 0 fully saturated rings. The van der Waals surface area contributed by atoms with Gasteiger partial charge >= 0.3 is 0 Å². The highest BCUT2D eigenvalue weighted by Crippen LogP contribution is 2.22. The summed E-state index contributed by atoms with van der Waals surface area (Å²) in [6, 6.07) is 6.14. The number of nitrogens with two attached hydrogens (primary N) is 1. The van der Waals surface area contributed by atoms with Crippen molar-refractivity contribution in [1.82, 2.24) is 0 Å². The number of benzene rings is 1. The molecule has 4 heteroatoms. The molecule has 2 unspecified atom stereocenters. The third-order valence-electron chi connectivity index (χ3n) is 2.70. The van der Waals surface area contributed by atoms with E-state index in [0.717, 1.165) is 17.7 Å². The van der Waals surface area contributed by atoms with Crippen LogP contribution >= 0.6 is 0 Å². The molecule has 1 heterocycles. The van der Waals surface area contributed by atoms with Gasteiger partial charge in [0.2, 0.25) is 0 Å². The molecule has 1 aromatic carbocycles. The van der Waals surface area contributed by atoms with E-state index in [1.54, 1.807) is 12.1 Å². The van der Waals surface area contributed by atoms with Gasteiger partial charge in [0.25, 0.3) is 0 Å². The van der Waals surface area contributed by atoms with Gasteiger partial charge in [0.1, 0.15) is 11.9 Å². The minimum Gasteiger partial charge on any atom is -0.392 e. The summed E-state index contributed by atoms with van der Waals surface area (Å²) in [5, 5.41) is 3.88. The normalized spacial score (nSPS) is 21.4. The molecule has 0 aliphatic carbocycles. The summed E-state index contributed by atoms with van der Waals surface area (Å²) in [4.78, 5) is 5.21. The van der Waals surface area contributed by atoms with Crippen LogP contribution in [0.25, 0.3) is 0 Å². The van der Waals surface area contributed by atoms with Gasteiger partial charge < -0.3 is 10.6 Å². The Labute approximate surface area is 94.1 Å². The van der Waals surface area contributed by atoms with Crippen LogP contribution in [0.2, 0.25) is 0 Å². The molecule has 2 N–H and O–H groups in total. The van der Waals surface area contributed by atoms with E-state index in [9.17, 15) is 4.39 Å². The molecule has 0 spiro atoms. The number of nitrogens with zero attached hydrogens (tertiary/aromatic N) is 1. The second-order valence-corrected chi connectivity index (χ2v) is 4.15. The molecule has 2 atom stereocenters. The predicted molar refractivity (Wildman–Crippen MR) is 60.5 cm³/mol. The van der Waals surface area contributed by atoms with E-state index in [4.69, 9.17) is 10.6 Å². The first kappa shape index (κ1) is 11.1. The van der Waals surface area contributed by atoms with E-state index in [0.29, 0.717) is 6.42 Å². The topological polar surface area (TPSA) is 47.6 Å². The monoisotopic (exact) mass is 222 g/mol. The fraction of sp³-hybridized carbons (Fsp3) is 0.417. The van der Waals surface area contributed by atoms with Gasteiger partial charge in [0.15, 0.2) is 0 Å². The highest BCUT2D eigenvalue weighted by atomic mass is 19.1. The molecular formula is C12H15FN2O. The van der Waals surface area contributed by atoms with Crippen LogP contribution in [0.5, 0.6) is 0 Å². The molecule has 0 saturated carbocycles. The van der Waals surface area contributed by atoms with E-state index in [1.807, 2.05) is 6.92 Å². The number of halogens is 1. The second kappa shape index (κ2) is 4.61. The third kappa shape index (κ3) is 2.58. The average Bonchev–Trinajstić information content (AvgIpc) is 2.65. The van der Waals surface area contributed by atoms with Crippen molar-refractivity contribution >= 4 is 5.71 Å². The third-order valence-corrected chi connectivity index (χ3v) is 2.70. The van der Waals surface area contributed by atoms with Gasteiger partial charge in [-0.1, -0.05) is 17.3 Å². The van der Waals surface area contributed by atoms with Crippen LogP contribution in [-0.2, 0) is 4.84 Å². The van der Waals surface area contributed by atoms with Crippen molar-refractivity contribution in [2.75, 3.05) is 0 Å². The molecule has 1 aromatic rings. The average molecular weight is 222 g/mol. The zero-order valence-corrected chi connectivity index (χ0v) is 9.19. The molecule has 0 saturated heterocycles. The zero-order valence-electron chi connectivity index (χ0n) is 9.19. The second-order valence-electron chi connectivity index (χ2n) is 4.15. The van der Waals surface area contributed by atoms with Crippen LogP contribution in [-0.4, -0.2) is 11.8 Å². The first-order valence-corrected chi connectivity index (χ1v) is 5.35. The summed E-state index contributed by atoms with van der Waals surface area (Å²) in [7, 11) is 0. The zero-order chi connectivity index (χ0) is 11.5. The van der Waals surface area contributed by atoms with Crippen LogP contribution in [0.15, 0.2) is 29.4 Å². The Morgan fingerprint density at radius 3 is 2.75 bits per heavy atom. The minimum atomic E-state index is -0.243. The Hall–Kier alpha value is -1.42. The van der Waals surface area contributed by atoms with E-state index in [2.05, 4.69) is 5.16 Å². The summed E-state index contributed by atoms with van der Waals surface area (Å²) in [5.41, 5.74) is 7.94. The van der Waals surface area contributed by atoms with Gasteiger partial charge in [-0.25, -0.2) is 4.39 Å². The lowest BCUT2D eigenvalue weighted by molar-refractivity contribution is 0.0738. The number of rotatable bonds is 3. The van der Waals surface area contributed by atoms with E-state index in [1.165, 1.54) is 12.1 Å². The molecule has 0 bridgehead atoms. The lowest BCUT2D eigenvalue weighted by Crippen LogP contribution is -2.19. The first-order chi connectivity index (χ1) is 7.65. The standard InChI is InChI=1S/C12H15FN2O/c1-8-6-11(16-15-8)7-12(14)9-2-4-10(13)5-3-9/h2-5,11-12H,6-7,14H2,1H3. The van der Waals surface area contributed by atoms with Gasteiger partial charge in [-0.3, -0.25) is 0 Å². The Kier molecular flexibility index (Phi) is 3.19. The summed E-state index contributed by atoms with van der Waals surface area (Å²) in [6.07, 6.45) is 1.58. The smallest absolute Gasteiger partial charge is 0.134 e. The van der Waals surface area contributed by atoms with Crippen LogP contribution in [0.4, 0.5) is 4.39 Å². The fourth-order valence-corrected chi connectivity index (χ4v) is 1.82. The van der Waals surface area contributed by atoms with E-state index in [-0.39, 0.29) is 18.0 Å². The molecule has 16 heavy (non-hydrogen) atoms. The van der Waals surface area contributed by atoms with E-state index < -0.39 is 0 Å². The van der Waals surface area contributed by atoms with Crippen molar-refractivity contribution in [2.24, 2.45) is 10.9 Å². The molecule has 0 amide bonds. The van der Waals surface area contributed by atoms with Crippen molar-refractivity contribution in [1.29, 1.82) is 0 Å². The largest absolute Gasteiger partial charge is 0.392 e. The Bertz CT molecular complexity index is 389. The predicted octanol–water partition coefficient (Wildman–Crippen LogP) is 2.38. The minimum absolute atomic E-state index is 0.0556. The number of oxime groups is 1. The molecule has 0 aromatic heterocycles. The van der Waals surface area contributed by atoms with Crippen LogP contribution in [0.3, 0.4) is 0 Å². The van der Waals surface area contributed by atoms with Gasteiger partial charge in [0, 0.05) is 18.9 Å². The van der Waals surface area contributed by atoms with Crippen molar-refractivity contribution in [3.8, 4) is 0 Å². The van der Waals surface area contributed by atoms with Crippen LogP contribution in [0, 0.1) is 5.82 Å². The maximum absolute atomic E-state index is 12.7. The van der Waals surface area contributed by atoms with Gasteiger partial charge in [-0.05, 0) is 24.6 Å². The molecular weight excluding hydrogens is 207 g/mol. The fourth-order valence-electron chi connectivity index (χ4n) is 1.82. The van der Waals surface area contributed by atoms with E-state index >= 15 is 0 Å². The van der Waals surface area contributed by atoms with Crippen molar-refractivity contribution in [3.63, 3.8) is 0 Å². The van der Waals surface area contributed by atoms with Gasteiger partial charge in [-0.2, -0.15) is 0 Å². The molecule has 1 aliphatic heterocycles. The SMILES string of the molecule is CC1=NOC(CC(N)c2ccc(F)cc2)C1. The van der Waals surface area contributed by atoms with Crippen LogP contribution < -0.4 is 5.73 Å². The number of hydrogen-bond acceptors (Lipinski definition) is 3. The molecule has 0 radical (unpaired) electrons. The van der Waals surface area contributed by atoms with Crippen molar-refractivity contribution in [2.45, 2.75) is 31.9 Å². The maximum Gasteiger partial charge on any atom is 0.134 e. The maximum atomic E-state index is 12.7. The first-order valence-electron chi connectivity index (χ1n) is 5.35. The Morgan fingerprint density at radius 1 is 1.50 bits per heavy atom. The van der Waals surface area contributed by atoms with Crippen molar-refractivity contribution in [3.05, 3.63) is 35.6 Å². The molecule has 86 valence electrons. The van der Waals surface area contributed by atoms with Gasteiger partial charge in [0.05, 0.1) is 5.71 Å². The lowest BCUT2D eigenvalue weighted by Gasteiger charge is -2.15. The number of hydrogen-bond donors (Lipinski definition) is 1. The quantitative estimate of drug-likeness (QED) is 0.853. The molecule has 3 nitrogen and oxygen atoms in total. The molecule has 1 aliphatic rings. The Balaban J connectivity index is 1.93. The van der Waals surface area contributed by atoms with Crippen LogP contribution in [0.1, 0.15) is 31.4 Å². The molecule has 2 rings (SSSR count). The Morgan fingerprint density at radius 2 is 2.19 bits per heavy atom. The summed E-state index contributed by atoms with van der Waals surface area (Å²) >= 11 is 0. The summed E-state index contributed by atoms with van der Waals surface area (Å²) < 4.78 is 12.7. The highest BCUT2D eigenvalue weighted by molar-refractivity contribution is 5.82. The van der Waals surface area contributed by atoms with Crippen molar-refractivity contribution < 1.29 is 9.23 Å². The van der Waals surface area contributed by atoms with Gasteiger partial charge in [-0.15, -0.1) is 0 Å². The summed E-state index contributed by atoms with van der Waals surface area (Å²) in [6.45, 7) is 1.93. The highest BCUT2D eigenvalue weighted by Gasteiger charge is 2.21. The summed E-state index contributed by atoms with van der Waals surface area (Å²) in [5.74, 6) is -0.243.